The Kier molecular flexibility index (Phi) is 6.26. The molecule has 0 spiro atoms. The van der Waals surface area contributed by atoms with Crippen LogP contribution in [0.5, 0.6) is 0 Å². The smallest absolute Gasteiger partial charge is 0.335 e. The van der Waals surface area contributed by atoms with Crippen LogP contribution in [-0.2, 0) is 0 Å². The predicted octanol–water partition coefficient (Wildman–Crippen LogP) is 3.97. The number of aromatic carboxylic acids is 1. The molecule has 2 aromatic heterocycles. The number of carboxylic acids is 1. The molecule has 3 N–H and O–H groups in total. The van der Waals surface area contributed by atoms with E-state index in [0.717, 1.165) is 22.0 Å². The normalized spacial score (nSPS) is 11.7. The number of pyridine rings is 1. The first kappa shape index (κ1) is 21.9. The van der Waals surface area contributed by atoms with Gasteiger partial charge in [0.1, 0.15) is 12.1 Å². The summed E-state index contributed by atoms with van der Waals surface area (Å²) in [5.41, 5.74) is 4.15. The van der Waals surface area contributed by atoms with Crippen LogP contribution in [-0.4, -0.2) is 45.5 Å². The summed E-state index contributed by atoms with van der Waals surface area (Å²) >= 11 is 0. The third-order valence-electron chi connectivity index (χ3n) is 5.49. The molecule has 2 aromatic carbocycles. The second-order valence-electron chi connectivity index (χ2n) is 7.63. The predicted molar refractivity (Wildman–Crippen MR) is 126 cm³/mol. The lowest BCUT2D eigenvalue weighted by atomic mass is 9.96. The van der Waals surface area contributed by atoms with E-state index in [1.54, 1.807) is 43.6 Å². The van der Waals surface area contributed by atoms with Crippen LogP contribution in [0, 0.1) is 0 Å². The van der Waals surface area contributed by atoms with Gasteiger partial charge >= 0.3 is 5.97 Å². The summed E-state index contributed by atoms with van der Waals surface area (Å²) in [7, 11) is 1.61. The average molecular weight is 441 g/mol. The number of carbonyl (C=O) groups is 2. The number of hydrogen-bond acceptors (Lipinski definition) is 6. The van der Waals surface area contributed by atoms with Gasteiger partial charge in [0.15, 0.2) is 0 Å². The van der Waals surface area contributed by atoms with Crippen LogP contribution >= 0.6 is 0 Å². The van der Waals surface area contributed by atoms with Crippen LogP contribution in [0.1, 0.15) is 39.1 Å². The van der Waals surface area contributed by atoms with Gasteiger partial charge in [-0.25, -0.2) is 14.8 Å². The fourth-order valence-electron chi connectivity index (χ4n) is 3.69. The van der Waals surface area contributed by atoms with Crippen molar-refractivity contribution in [2.24, 2.45) is 0 Å². The van der Waals surface area contributed by atoms with Gasteiger partial charge in [0.25, 0.3) is 5.91 Å². The largest absolute Gasteiger partial charge is 0.478 e. The molecule has 33 heavy (non-hydrogen) atoms. The van der Waals surface area contributed by atoms with Crippen LogP contribution < -0.4 is 10.6 Å². The van der Waals surface area contributed by atoms with E-state index in [4.69, 9.17) is 5.11 Å². The number of nitrogens with zero attached hydrogens (tertiary/aromatic N) is 3. The Morgan fingerprint density at radius 3 is 2.55 bits per heavy atom. The topological polar surface area (TPSA) is 117 Å². The van der Waals surface area contributed by atoms with E-state index in [1.165, 1.54) is 6.33 Å². The van der Waals surface area contributed by atoms with Crippen molar-refractivity contribution in [3.63, 3.8) is 0 Å². The van der Waals surface area contributed by atoms with E-state index in [2.05, 4.69) is 32.5 Å². The van der Waals surface area contributed by atoms with Gasteiger partial charge in [-0.1, -0.05) is 37.3 Å². The van der Waals surface area contributed by atoms with Crippen molar-refractivity contribution in [3.05, 3.63) is 83.8 Å². The first-order valence-corrected chi connectivity index (χ1v) is 10.5. The van der Waals surface area contributed by atoms with Gasteiger partial charge < -0.3 is 15.7 Å². The number of fused-ring (bicyclic) bond motifs is 1. The highest BCUT2D eigenvalue weighted by atomic mass is 16.4. The van der Waals surface area contributed by atoms with Crippen molar-refractivity contribution in [1.82, 2.24) is 20.3 Å². The molecule has 0 aliphatic carbocycles. The maximum atomic E-state index is 12.2. The fraction of sp³-hybridized carbons (Fsp3) is 0.160. The van der Waals surface area contributed by atoms with E-state index in [1.807, 2.05) is 24.3 Å². The van der Waals surface area contributed by atoms with Crippen LogP contribution in [0.4, 0.5) is 5.82 Å². The lowest BCUT2D eigenvalue weighted by Crippen LogP contribution is -2.18. The average Bonchev–Trinajstić information content (AvgIpc) is 2.86. The monoisotopic (exact) mass is 441 g/mol. The molecule has 1 amide bonds. The summed E-state index contributed by atoms with van der Waals surface area (Å²) in [6.07, 6.45) is 3.13. The Morgan fingerprint density at radius 1 is 1.03 bits per heavy atom. The number of carboxylic acid groups (broad SMARTS) is 1. The minimum Gasteiger partial charge on any atom is -0.478 e. The van der Waals surface area contributed by atoms with Crippen molar-refractivity contribution in [2.75, 3.05) is 18.9 Å². The molecule has 2 heterocycles. The molecule has 0 radical (unpaired) electrons. The number of rotatable bonds is 7. The zero-order chi connectivity index (χ0) is 23.4. The van der Waals surface area contributed by atoms with Crippen LogP contribution in [0.25, 0.3) is 22.2 Å². The molecule has 8 nitrogen and oxygen atoms in total. The van der Waals surface area contributed by atoms with Gasteiger partial charge in [-0.05, 0) is 23.8 Å². The third kappa shape index (κ3) is 4.64. The Morgan fingerprint density at radius 2 is 1.82 bits per heavy atom. The molecule has 8 heteroatoms. The van der Waals surface area contributed by atoms with Crippen molar-refractivity contribution in [3.8, 4) is 11.3 Å². The highest BCUT2D eigenvalue weighted by molar-refractivity contribution is 6.06. The van der Waals surface area contributed by atoms with Gasteiger partial charge in [0, 0.05) is 42.7 Å². The summed E-state index contributed by atoms with van der Waals surface area (Å²) in [5, 5.41) is 15.9. The molecular weight excluding hydrogens is 418 g/mol. The number of carbonyl (C=O) groups excluding carboxylic acids is 1. The number of amides is 1. The maximum Gasteiger partial charge on any atom is 0.335 e. The van der Waals surface area contributed by atoms with Crippen molar-refractivity contribution >= 4 is 28.6 Å². The van der Waals surface area contributed by atoms with Crippen LogP contribution in [0.15, 0.2) is 67.1 Å². The zero-order valence-electron chi connectivity index (χ0n) is 18.2. The minimum atomic E-state index is -0.967. The second-order valence-corrected chi connectivity index (χ2v) is 7.63. The van der Waals surface area contributed by atoms with Crippen LogP contribution in [0.3, 0.4) is 0 Å². The lowest BCUT2D eigenvalue weighted by molar-refractivity contribution is 0.0696. The van der Waals surface area contributed by atoms with Gasteiger partial charge in [0.05, 0.1) is 22.3 Å². The zero-order valence-corrected chi connectivity index (χ0v) is 18.2. The summed E-state index contributed by atoms with van der Waals surface area (Å²) in [6.45, 7) is 2.68. The lowest BCUT2D eigenvalue weighted by Gasteiger charge is -2.16. The Hall–Kier alpha value is -4.33. The van der Waals surface area contributed by atoms with E-state index >= 15 is 0 Å². The Bertz CT molecular complexity index is 1320. The van der Waals surface area contributed by atoms with Crippen molar-refractivity contribution in [2.45, 2.75) is 12.8 Å². The highest BCUT2D eigenvalue weighted by Gasteiger charge is 2.15. The number of anilines is 1. The molecule has 4 rings (SSSR count). The van der Waals surface area contributed by atoms with E-state index in [9.17, 15) is 9.59 Å². The summed E-state index contributed by atoms with van der Waals surface area (Å²) < 4.78 is 0. The standard InChI is InChI=1S/C25H23N5O3/c1-15(18-4-3-5-19-20(24(31)26-2)10-11-27-23(18)19)13-28-22-12-21(29-14-30-22)16-6-8-17(9-7-16)25(32)33/h3-12,14-15H,13H2,1-2H3,(H,26,31)(H,32,33)(H,28,29,30)/t15-/m1/s1. The molecule has 1 atom stereocenters. The quantitative estimate of drug-likeness (QED) is 0.397. The first-order chi connectivity index (χ1) is 16.0. The number of benzene rings is 2. The number of nitrogens with one attached hydrogen (secondary N) is 2. The van der Waals surface area contributed by atoms with Crippen LogP contribution in [0.2, 0.25) is 0 Å². The van der Waals surface area contributed by atoms with E-state index < -0.39 is 5.97 Å². The van der Waals surface area contributed by atoms with E-state index in [-0.39, 0.29) is 17.4 Å². The maximum absolute atomic E-state index is 12.2. The minimum absolute atomic E-state index is 0.0920. The SMILES string of the molecule is CNC(=O)c1ccnc2c([C@H](C)CNc3cc(-c4ccc(C(=O)O)cc4)ncn3)cccc12. The summed E-state index contributed by atoms with van der Waals surface area (Å²) in [5.74, 6) is -0.357. The number of hydrogen-bond donors (Lipinski definition) is 3. The fourth-order valence-corrected chi connectivity index (χ4v) is 3.69. The third-order valence-corrected chi connectivity index (χ3v) is 5.49. The molecule has 0 unspecified atom stereocenters. The van der Waals surface area contributed by atoms with E-state index in [0.29, 0.717) is 23.6 Å². The highest BCUT2D eigenvalue weighted by Crippen LogP contribution is 2.27. The Balaban J connectivity index is 1.53. The summed E-state index contributed by atoms with van der Waals surface area (Å²) in [4.78, 5) is 36.4. The van der Waals surface area contributed by atoms with Gasteiger partial charge in [-0.15, -0.1) is 0 Å². The number of aromatic nitrogens is 3. The molecule has 0 saturated carbocycles. The molecule has 166 valence electrons. The first-order valence-electron chi connectivity index (χ1n) is 10.5. The molecule has 0 aliphatic heterocycles. The summed E-state index contributed by atoms with van der Waals surface area (Å²) in [6, 6.07) is 16.0. The number of para-hydroxylation sites is 1. The molecule has 0 saturated heterocycles. The van der Waals surface area contributed by atoms with Gasteiger partial charge in [-0.3, -0.25) is 9.78 Å². The second kappa shape index (κ2) is 9.44. The van der Waals surface area contributed by atoms with Crippen molar-refractivity contribution in [1.29, 1.82) is 0 Å². The molecule has 0 bridgehead atoms. The molecule has 0 aliphatic rings. The Labute approximate surface area is 190 Å². The molecule has 0 fully saturated rings. The van der Waals surface area contributed by atoms with Crippen molar-refractivity contribution < 1.29 is 14.7 Å². The molecular formula is C25H23N5O3. The van der Waals surface area contributed by atoms with Gasteiger partial charge in [-0.2, -0.15) is 0 Å². The van der Waals surface area contributed by atoms with Gasteiger partial charge in [0.2, 0.25) is 0 Å². The molecule has 4 aromatic rings.